The van der Waals surface area contributed by atoms with Crippen molar-refractivity contribution in [3.8, 4) is 5.88 Å². The van der Waals surface area contributed by atoms with Gasteiger partial charge in [0.25, 0.3) is 0 Å². The summed E-state index contributed by atoms with van der Waals surface area (Å²) in [4.78, 5) is 25.1. The van der Waals surface area contributed by atoms with Crippen LogP contribution in [0.25, 0.3) is 21.9 Å². The number of rotatable bonds is 10. The summed E-state index contributed by atoms with van der Waals surface area (Å²) in [6.07, 6.45) is 4.47. The number of halogens is 2. The molecule has 7 rings (SSSR count). The minimum atomic E-state index is -2.70. The van der Waals surface area contributed by atoms with Gasteiger partial charge < -0.3 is 18.8 Å². The molecule has 2 aromatic carbocycles. The number of carbonyl (C=O) groups is 1. The zero-order valence-electron chi connectivity index (χ0n) is 27.4. The van der Waals surface area contributed by atoms with Crippen LogP contribution in [0, 0.1) is 0 Å². The van der Waals surface area contributed by atoms with Crippen LogP contribution in [0.2, 0.25) is 0 Å². The summed E-state index contributed by atoms with van der Waals surface area (Å²) in [5.41, 5.74) is 3.83. The maximum atomic E-state index is 13.3. The van der Waals surface area contributed by atoms with Gasteiger partial charge in [0.2, 0.25) is 5.88 Å². The van der Waals surface area contributed by atoms with Crippen molar-refractivity contribution in [2.45, 2.75) is 83.9 Å². The third-order valence-corrected chi connectivity index (χ3v) is 8.99. The number of likely N-dealkylation sites (tertiary alicyclic amines) is 1. The maximum Gasteiger partial charge on any atom is 0.338 e. The lowest BCUT2D eigenvalue weighted by Crippen LogP contribution is -2.35. The molecule has 1 atom stereocenters. The van der Waals surface area contributed by atoms with Gasteiger partial charge in [0.05, 0.1) is 47.5 Å². The molecule has 10 nitrogen and oxygen atoms in total. The fraction of sp³-hybridized carbons (Fsp3) is 0.444. The van der Waals surface area contributed by atoms with E-state index in [4.69, 9.17) is 24.2 Å². The Morgan fingerprint density at radius 1 is 1.02 bits per heavy atom. The van der Waals surface area contributed by atoms with Crippen molar-refractivity contribution >= 4 is 27.9 Å². The number of alkyl halides is 2. The standard InChI is InChI=1S/C36H40F2N6O4/c1-36(2,3)48-34(45)25-9-10-29-31(18-25)43(20-27-13-16-46-27)32(40-29)21-42-14-11-24(12-15-42)28-5-4-6-33(41-28)47-22-23-7-8-26-19-39-44(35(37)38)30(26)17-23/h4-10,17-19,24,27,35H,11-16,20-22H2,1-3H3/t27-/m0/s1. The Bertz CT molecular complexity index is 1920. The number of esters is 1. The van der Waals surface area contributed by atoms with Crippen LogP contribution < -0.4 is 4.74 Å². The molecule has 2 aliphatic rings. The smallest absolute Gasteiger partial charge is 0.338 e. The number of ether oxygens (including phenoxy) is 3. The van der Waals surface area contributed by atoms with Gasteiger partial charge in [-0.2, -0.15) is 13.9 Å². The predicted molar refractivity (Wildman–Crippen MR) is 176 cm³/mol. The molecule has 0 unspecified atom stereocenters. The second kappa shape index (κ2) is 13.2. The van der Waals surface area contributed by atoms with Crippen LogP contribution in [-0.2, 0) is 29.2 Å². The number of fused-ring (bicyclic) bond motifs is 2. The first-order chi connectivity index (χ1) is 23.1. The summed E-state index contributed by atoms with van der Waals surface area (Å²) in [5, 5.41) is 4.44. The van der Waals surface area contributed by atoms with E-state index in [0.717, 1.165) is 67.1 Å². The van der Waals surface area contributed by atoms with Crippen molar-refractivity contribution in [2.75, 3.05) is 19.7 Å². The Morgan fingerprint density at radius 2 is 1.83 bits per heavy atom. The molecule has 5 aromatic rings. The molecule has 0 radical (unpaired) electrons. The molecule has 2 aliphatic heterocycles. The van der Waals surface area contributed by atoms with E-state index in [1.165, 1.54) is 6.20 Å². The van der Waals surface area contributed by atoms with E-state index in [9.17, 15) is 13.6 Å². The lowest BCUT2D eigenvalue weighted by atomic mass is 9.93. The van der Waals surface area contributed by atoms with Crippen molar-refractivity contribution in [3.05, 3.63) is 83.4 Å². The molecular formula is C36H40F2N6O4. The fourth-order valence-electron chi connectivity index (χ4n) is 6.40. The summed E-state index contributed by atoms with van der Waals surface area (Å²) < 4.78 is 46.9. The normalized spacial score (nSPS) is 17.7. The maximum absolute atomic E-state index is 13.3. The van der Waals surface area contributed by atoms with Crippen LogP contribution in [0.4, 0.5) is 8.78 Å². The van der Waals surface area contributed by atoms with Crippen LogP contribution >= 0.6 is 0 Å². The first-order valence-corrected chi connectivity index (χ1v) is 16.5. The van der Waals surface area contributed by atoms with Gasteiger partial charge in [-0.1, -0.05) is 18.2 Å². The second-order valence-electron chi connectivity index (χ2n) is 13.6. The predicted octanol–water partition coefficient (Wildman–Crippen LogP) is 6.88. The van der Waals surface area contributed by atoms with Gasteiger partial charge in [0.1, 0.15) is 18.0 Å². The molecule has 48 heavy (non-hydrogen) atoms. The van der Waals surface area contributed by atoms with Gasteiger partial charge >= 0.3 is 12.5 Å². The first kappa shape index (κ1) is 32.1. The van der Waals surface area contributed by atoms with Crippen molar-refractivity contribution in [2.24, 2.45) is 0 Å². The Morgan fingerprint density at radius 3 is 2.56 bits per heavy atom. The zero-order chi connectivity index (χ0) is 33.4. The van der Waals surface area contributed by atoms with Crippen LogP contribution in [0.5, 0.6) is 5.88 Å². The molecule has 0 saturated carbocycles. The van der Waals surface area contributed by atoms with Gasteiger partial charge in [-0.05, 0) is 89.0 Å². The van der Waals surface area contributed by atoms with Crippen LogP contribution in [0.1, 0.15) is 79.9 Å². The monoisotopic (exact) mass is 658 g/mol. The van der Waals surface area contributed by atoms with E-state index < -0.39 is 12.2 Å². The van der Waals surface area contributed by atoms with Crippen molar-refractivity contribution in [1.82, 2.24) is 29.2 Å². The third kappa shape index (κ3) is 7.05. The molecule has 0 aliphatic carbocycles. The lowest BCUT2D eigenvalue weighted by Gasteiger charge is -2.32. The Balaban J connectivity index is 1.00. The Hall–Kier alpha value is -4.42. The summed E-state index contributed by atoms with van der Waals surface area (Å²) >= 11 is 0. The number of pyridine rings is 1. The van der Waals surface area contributed by atoms with Gasteiger partial charge in [-0.15, -0.1) is 0 Å². The molecule has 2 fully saturated rings. The van der Waals surface area contributed by atoms with Crippen LogP contribution in [-0.4, -0.2) is 66.6 Å². The third-order valence-electron chi connectivity index (χ3n) is 8.99. The largest absolute Gasteiger partial charge is 0.473 e. The topological polar surface area (TPSA) is 96.5 Å². The quantitative estimate of drug-likeness (QED) is 0.150. The minimum absolute atomic E-state index is 0.140. The van der Waals surface area contributed by atoms with Crippen LogP contribution in [0.15, 0.2) is 60.8 Å². The average molecular weight is 659 g/mol. The van der Waals surface area contributed by atoms with Gasteiger partial charge in [-0.3, -0.25) is 4.90 Å². The zero-order valence-corrected chi connectivity index (χ0v) is 27.4. The number of hydrogen-bond acceptors (Lipinski definition) is 8. The molecule has 0 bridgehead atoms. The minimum Gasteiger partial charge on any atom is -0.473 e. The highest BCUT2D eigenvalue weighted by atomic mass is 19.3. The fourth-order valence-corrected chi connectivity index (χ4v) is 6.40. The van der Waals surface area contributed by atoms with Crippen molar-refractivity contribution in [1.29, 1.82) is 0 Å². The van der Waals surface area contributed by atoms with E-state index in [2.05, 4.69) is 14.6 Å². The van der Waals surface area contributed by atoms with Crippen molar-refractivity contribution in [3.63, 3.8) is 0 Å². The van der Waals surface area contributed by atoms with E-state index in [1.807, 2.05) is 57.2 Å². The highest BCUT2D eigenvalue weighted by Crippen LogP contribution is 2.30. The van der Waals surface area contributed by atoms with E-state index in [0.29, 0.717) is 46.0 Å². The average Bonchev–Trinajstić information content (AvgIpc) is 3.62. The van der Waals surface area contributed by atoms with E-state index in [-0.39, 0.29) is 18.7 Å². The number of piperidine rings is 1. The van der Waals surface area contributed by atoms with Gasteiger partial charge in [0, 0.05) is 29.7 Å². The highest BCUT2D eigenvalue weighted by Gasteiger charge is 2.27. The first-order valence-electron chi connectivity index (χ1n) is 16.5. The molecule has 2 saturated heterocycles. The summed E-state index contributed by atoms with van der Waals surface area (Å²) in [6, 6.07) is 16.7. The Labute approximate surface area is 277 Å². The molecule has 5 heterocycles. The number of hydrogen-bond donors (Lipinski definition) is 0. The molecular weight excluding hydrogens is 618 g/mol. The molecule has 0 spiro atoms. The number of imidazole rings is 1. The number of nitrogens with zero attached hydrogens (tertiary/aromatic N) is 6. The second-order valence-corrected chi connectivity index (χ2v) is 13.6. The van der Waals surface area contributed by atoms with Gasteiger partial charge in [-0.25, -0.2) is 19.4 Å². The number of carbonyl (C=O) groups excluding carboxylic acids is 1. The summed E-state index contributed by atoms with van der Waals surface area (Å²) in [6.45, 7) is 7.05. The molecule has 0 amide bonds. The molecule has 3 aromatic heterocycles. The SMILES string of the molecule is CC(C)(C)OC(=O)c1ccc2nc(CN3CCC(c4cccc(OCc5ccc6cnn(C(F)F)c6c5)n4)CC3)n(C[C@@H]3CCO3)c2c1. The highest BCUT2D eigenvalue weighted by molar-refractivity contribution is 5.94. The van der Waals surface area contributed by atoms with Gasteiger partial charge in [0.15, 0.2) is 0 Å². The number of benzene rings is 2. The molecule has 12 heteroatoms. The lowest BCUT2D eigenvalue weighted by molar-refractivity contribution is -0.0592. The number of aromatic nitrogens is 5. The summed E-state index contributed by atoms with van der Waals surface area (Å²) in [7, 11) is 0. The molecule has 0 N–H and O–H groups in total. The summed E-state index contributed by atoms with van der Waals surface area (Å²) in [5.74, 6) is 1.42. The van der Waals surface area contributed by atoms with E-state index in [1.54, 1.807) is 18.2 Å². The van der Waals surface area contributed by atoms with Crippen molar-refractivity contribution < 1.29 is 27.8 Å². The molecule has 252 valence electrons. The van der Waals surface area contributed by atoms with E-state index >= 15 is 0 Å². The van der Waals surface area contributed by atoms with Crippen LogP contribution in [0.3, 0.4) is 0 Å². The Kier molecular flexibility index (Phi) is 8.86.